The molecule has 2 aliphatic rings. The van der Waals surface area contributed by atoms with Crippen LogP contribution in [0.15, 0.2) is 24.3 Å². The molecule has 2 unspecified atom stereocenters. The van der Waals surface area contributed by atoms with Gasteiger partial charge in [-0.2, -0.15) is 0 Å². The molecule has 1 aliphatic carbocycles. The second kappa shape index (κ2) is 5.61. The van der Waals surface area contributed by atoms with Gasteiger partial charge in [0.1, 0.15) is 0 Å². The summed E-state index contributed by atoms with van der Waals surface area (Å²) in [5.74, 6) is 0.807. The van der Waals surface area contributed by atoms with Crippen LogP contribution in [0.5, 0.6) is 0 Å². The summed E-state index contributed by atoms with van der Waals surface area (Å²) in [4.78, 5) is 2.47. The normalized spacial score (nSPS) is 26.3. The Morgan fingerprint density at radius 2 is 2.26 bits per heavy atom. The van der Waals surface area contributed by atoms with Crippen LogP contribution in [0.2, 0.25) is 0 Å². The Morgan fingerprint density at radius 3 is 2.95 bits per heavy atom. The number of hydrogen-bond donors (Lipinski definition) is 1. The van der Waals surface area contributed by atoms with E-state index in [0.717, 1.165) is 25.6 Å². The van der Waals surface area contributed by atoms with Crippen LogP contribution < -0.4 is 5.73 Å². The van der Waals surface area contributed by atoms with Gasteiger partial charge in [-0.05, 0) is 36.8 Å². The van der Waals surface area contributed by atoms with E-state index in [1.165, 1.54) is 24.0 Å². The van der Waals surface area contributed by atoms with E-state index in [9.17, 15) is 0 Å². The van der Waals surface area contributed by atoms with Crippen molar-refractivity contribution in [2.45, 2.75) is 37.8 Å². The van der Waals surface area contributed by atoms with E-state index in [1.54, 1.807) is 0 Å². The number of morpholine rings is 1. The van der Waals surface area contributed by atoms with Crippen molar-refractivity contribution in [2.75, 3.05) is 26.2 Å². The van der Waals surface area contributed by atoms with Crippen LogP contribution in [0.1, 0.15) is 42.9 Å². The molecule has 2 fully saturated rings. The van der Waals surface area contributed by atoms with Gasteiger partial charge in [0.05, 0.1) is 12.7 Å². The van der Waals surface area contributed by atoms with Gasteiger partial charge in [-0.3, -0.25) is 4.90 Å². The van der Waals surface area contributed by atoms with Crippen LogP contribution in [0.3, 0.4) is 0 Å². The van der Waals surface area contributed by atoms with E-state index >= 15 is 0 Å². The number of nitrogens with two attached hydrogens (primary N) is 1. The van der Waals surface area contributed by atoms with Crippen LogP contribution in [0.4, 0.5) is 0 Å². The summed E-state index contributed by atoms with van der Waals surface area (Å²) >= 11 is 0. The number of ether oxygens (including phenoxy) is 1. The second-order valence-corrected chi connectivity index (χ2v) is 5.87. The smallest absolute Gasteiger partial charge is 0.0674 e. The van der Waals surface area contributed by atoms with Crippen LogP contribution in [-0.2, 0) is 4.74 Å². The quantitative estimate of drug-likeness (QED) is 0.902. The summed E-state index contributed by atoms with van der Waals surface area (Å²) in [5.41, 5.74) is 8.91. The molecule has 1 aromatic carbocycles. The molecular formula is C16H24N2O. The third kappa shape index (κ3) is 2.99. The minimum atomic E-state index is 0.314. The third-order valence-electron chi connectivity index (χ3n) is 4.28. The van der Waals surface area contributed by atoms with Crippen molar-refractivity contribution < 1.29 is 4.74 Å². The molecule has 0 amide bonds. The first-order valence-electron chi connectivity index (χ1n) is 7.43. The van der Waals surface area contributed by atoms with Crippen LogP contribution in [0, 0.1) is 0 Å². The lowest BCUT2D eigenvalue weighted by atomic mass is 10.00. The summed E-state index contributed by atoms with van der Waals surface area (Å²) in [6.45, 7) is 5.61. The van der Waals surface area contributed by atoms with E-state index < -0.39 is 0 Å². The summed E-state index contributed by atoms with van der Waals surface area (Å²) in [6.07, 6.45) is 3.02. The first kappa shape index (κ1) is 13.1. The van der Waals surface area contributed by atoms with Gasteiger partial charge in [0.15, 0.2) is 0 Å². The van der Waals surface area contributed by atoms with Crippen molar-refractivity contribution in [2.24, 2.45) is 5.73 Å². The lowest BCUT2D eigenvalue weighted by molar-refractivity contribution is -0.0333. The van der Waals surface area contributed by atoms with E-state index in [0.29, 0.717) is 18.7 Å². The van der Waals surface area contributed by atoms with Gasteiger partial charge in [-0.1, -0.05) is 24.3 Å². The molecular weight excluding hydrogens is 236 g/mol. The minimum Gasteiger partial charge on any atom is -0.376 e. The van der Waals surface area contributed by atoms with Gasteiger partial charge in [0, 0.05) is 25.7 Å². The highest BCUT2D eigenvalue weighted by atomic mass is 16.5. The van der Waals surface area contributed by atoms with Crippen LogP contribution >= 0.6 is 0 Å². The first-order chi connectivity index (χ1) is 9.28. The van der Waals surface area contributed by atoms with E-state index in [4.69, 9.17) is 10.5 Å². The molecule has 1 saturated carbocycles. The van der Waals surface area contributed by atoms with Gasteiger partial charge < -0.3 is 10.5 Å². The molecule has 104 valence electrons. The first-order valence-corrected chi connectivity index (χ1v) is 7.43. The highest BCUT2D eigenvalue weighted by Gasteiger charge is 2.27. The largest absolute Gasteiger partial charge is 0.376 e. The zero-order chi connectivity index (χ0) is 13.2. The monoisotopic (exact) mass is 260 g/mol. The fourth-order valence-electron chi connectivity index (χ4n) is 3.06. The van der Waals surface area contributed by atoms with Crippen LogP contribution in [0.25, 0.3) is 0 Å². The van der Waals surface area contributed by atoms with Gasteiger partial charge in [-0.25, -0.2) is 0 Å². The van der Waals surface area contributed by atoms with Gasteiger partial charge in [0.2, 0.25) is 0 Å². The Hall–Kier alpha value is -0.900. The Balaban J connectivity index is 1.78. The molecule has 2 N–H and O–H groups in total. The summed E-state index contributed by atoms with van der Waals surface area (Å²) in [5, 5.41) is 0. The van der Waals surface area contributed by atoms with Gasteiger partial charge >= 0.3 is 0 Å². The molecule has 1 saturated heterocycles. The molecule has 3 heteroatoms. The molecule has 0 spiro atoms. The molecule has 1 aromatic rings. The Morgan fingerprint density at radius 1 is 1.42 bits per heavy atom. The topological polar surface area (TPSA) is 38.5 Å². The maximum absolute atomic E-state index is 6.04. The van der Waals surface area contributed by atoms with Crippen molar-refractivity contribution in [3.63, 3.8) is 0 Å². The number of rotatable bonds is 4. The lowest BCUT2D eigenvalue weighted by Gasteiger charge is -2.37. The SMILES string of the molecule is CC1CN(C(CN)c2cccc(C3CC3)c2)CCO1. The zero-order valence-corrected chi connectivity index (χ0v) is 11.7. The highest BCUT2D eigenvalue weighted by Crippen LogP contribution is 2.40. The predicted molar refractivity (Wildman–Crippen MR) is 77.2 cm³/mol. The van der Waals surface area contributed by atoms with Crippen molar-refractivity contribution >= 4 is 0 Å². The number of nitrogens with zero attached hydrogens (tertiary/aromatic N) is 1. The molecule has 3 rings (SSSR count). The van der Waals surface area contributed by atoms with Crippen molar-refractivity contribution in [3.05, 3.63) is 35.4 Å². The third-order valence-corrected chi connectivity index (χ3v) is 4.28. The summed E-state index contributed by atoms with van der Waals surface area (Å²) < 4.78 is 5.63. The average Bonchev–Trinajstić information content (AvgIpc) is 3.24. The van der Waals surface area contributed by atoms with E-state index in [-0.39, 0.29) is 0 Å². The molecule has 0 bridgehead atoms. The molecule has 2 atom stereocenters. The number of benzene rings is 1. The van der Waals surface area contributed by atoms with Crippen molar-refractivity contribution in [1.82, 2.24) is 4.90 Å². The van der Waals surface area contributed by atoms with Crippen LogP contribution in [-0.4, -0.2) is 37.2 Å². The maximum Gasteiger partial charge on any atom is 0.0674 e. The Kier molecular flexibility index (Phi) is 3.87. The highest BCUT2D eigenvalue weighted by molar-refractivity contribution is 5.31. The molecule has 1 heterocycles. The van der Waals surface area contributed by atoms with Crippen molar-refractivity contribution in [3.8, 4) is 0 Å². The van der Waals surface area contributed by atoms with Gasteiger partial charge in [0.25, 0.3) is 0 Å². The summed E-state index contributed by atoms with van der Waals surface area (Å²) in [7, 11) is 0. The molecule has 1 aliphatic heterocycles. The zero-order valence-electron chi connectivity index (χ0n) is 11.7. The second-order valence-electron chi connectivity index (χ2n) is 5.87. The Labute approximate surface area is 115 Å². The average molecular weight is 260 g/mol. The lowest BCUT2D eigenvalue weighted by Crippen LogP contribution is -2.45. The molecule has 3 nitrogen and oxygen atoms in total. The van der Waals surface area contributed by atoms with E-state index in [2.05, 4.69) is 36.1 Å². The summed E-state index contributed by atoms with van der Waals surface area (Å²) in [6, 6.07) is 9.38. The molecule has 0 radical (unpaired) electrons. The fourth-order valence-corrected chi connectivity index (χ4v) is 3.06. The maximum atomic E-state index is 6.04. The standard InChI is InChI=1S/C16H24N2O/c1-12-11-18(7-8-19-12)16(10-17)15-4-2-3-14(9-15)13-5-6-13/h2-4,9,12-13,16H,5-8,10-11,17H2,1H3. The molecule has 0 aromatic heterocycles. The van der Waals surface area contributed by atoms with E-state index in [1.807, 2.05) is 0 Å². The molecule has 19 heavy (non-hydrogen) atoms. The predicted octanol–water partition coefficient (Wildman–Crippen LogP) is 2.28. The van der Waals surface area contributed by atoms with Crippen molar-refractivity contribution in [1.29, 1.82) is 0 Å². The minimum absolute atomic E-state index is 0.314. The number of hydrogen-bond acceptors (Lipinski definition) is 3. The fraction of sp³-hybridized carbons (Fsp3) is 0.625. The Bertz CT molecular complexity index is 431. The van der Waals surface area contributed by atoms with Gasteiger partial charge in [-0.15, -0.1) is 0 Å².